The highest BCUT2D eigenvalue weighted by Crippen LogP contribution is 2.27. The first-order chi connectivity index (χ1) is 7.26. The van der Waals surface area contributed by atoms with Crippen LogP contribution in [0.1, 0.15) is 30.5 Å². The molecule has 0 radical (unpaired) electrons. The summed E-state index contributed by atoms with van der Waals surface area (Å²) in [4.78, 5) is 0. The van der Waals surface area contributed by atoms with E-state index < -0.39 is 0 Å². The van der Waals surface area contributed by atoms with Gasteiger partial charge in [-0.25, -0.2) is 0 Å². The van der Waals surface area contributed by atoms with Gasteiger partial charge in [0.15, 0.2) is 0 Å². The minimum Gasteiger partial charge on any atom is -0.496 e. The van der Waals surface area contributed by atoms with Gasteiger partial charge in [0, 0.05) is 11.6 Å². The molecule has 0 bridgehead atoms. The van der Waals surface area contributed by atoms with Crippen LogP contribution in [0, 0.1) is 11.3 Å². The van der Waals surface area contributed by atoms with Gasteiger partial charge < -0.3 is 10.1 Å². The Morgan fingerprint density at radius 3 is 2.73 bits per heavy atom. The molecule has 15 heavy (non-hydrogen) atoms. The van der Waals surface area contributed by atoms with Gasteiger partial charge in [-0.15, -0.1) is 0 Å². The number of ether oxygens (including phenoxy) is 1. The van der Waals surface area contributed by atoms with Crippen LogP contribution in [-0.2, 0) is 0 Å². The van der Waals surface area contributed by atoms with E-state index in [0.29, 0.717) is 5.56 Å². The molecule has 0 heterocycles. The van der Waals surface area contributed by atoms with E-state index >= 15 is 0 Å². The third kappa shape index (κ3) is 2.48. The second-order valence-corrected chi connectivity index (χ2v) is 3.32. The normalized spacial score (nSPS) is 11.9. The van der Waals surface area contributed by atoms with Crippen LogP contribution in [0.25, 0.3) is 0 Å². The van der Waals surface area contributed by atoms with E-state index in [2.05, 4.69) is 18.3 Å². The molecule has 0 aliphatic heterocycles. The van der Waals surface area contributed by atoms with Crippen molar-refractivity contribution in [3.63, 3.8) is 0 Å². The predicted molar refractivity (Wildman–Crippen MR) is 59.8 cm³/mol. The van der Waals surface area contributed by atoms with Gasteiger partial charge in [-0.05, 0) is 31.7 Å². The number of hydrogen-bond donors (Lipinski definition) is 1. The minimum atomic E-state index is 0.230. The Morgan fingerprint density at radius 2 is 2.27 bits per heavy atom. The number of methoxy groups -OCH3 is 1. The molecule has 1 N–H and O–H groups in total. The first-order valence-electron chi connectivity index (χ1n) is 5.02. The maximum atomic E-state index is 8.84. The fourth-order valence-corrected chi connectivity index (χ4v) is 1.66. The summed E-state index contributed by atoms with van der Waals surface area (Å²) in [5.74, 6) is 0.829. The van der Waals surface area contributed by atoms with Crippen molar-refractivity contribution in [1.82, 2.24) is 5.32 Å². The number of benzene rings is 1. The van der Waals surface area contributed by atoms with Crippen LogP contribution < -0.4 is 10.1 Å². The van der Waals surface area contributed by atoms with Crippen molar-refractivity contribution < 1.29 is 4.74 Å². The molecule has 0 spiro atoms. The summed E-state index contributed by atoms with van der Waals surface area (Å²) < 4.78 is 5.28. The lowest BCUT2D eigenvalue weighted by Crippen LogP contribution is -2.16. The van der Waals surface area contributed by atoms with Gasteiger partial charge >= 0.3 is 0 Å². The van der Waals surface area contributed by atoms with Crippen molar-refractivity contribution in [2.75, 3.05) is 14.2 Å². The van der Waals surface area contributed by atoms with Gasteiger partial charge in [0.05, 0.1) is 18.7 Å². The standard InChI is InChI=1S/C12H16N2O/c1-4-11(14-2)10-7-9(8-13)5-6-12(10)15-3/h5-7,11,14H,4H2,1-3H3/t11-/m0/s1. The van der Waals surface area contributed by atoms with Gasteiger partial charge in [0.2, 0.25) is 0 Å². The van der Waals surface area contributed by atoms with Crippen LogP contribution >= 0.6 is 0 Å². The maximum Gasteiger partial charge on any atom is 0.123 e. The first-order valence-corrected chi connectivity index (χ1v) is 5.02. The molecule has 0 saturated heterocycles. The summed E-state index contributed by atoms with van der Waals surface area (Å²) in [6.45, 7) is 2.10. The fourth-order valence-electron chi connectivity index (χ4n) is 1.66. The molecule has 3 nitrogen and oxygen atoms in total. The molecule has 0 aliphatic rings. The Bertz CT molecular complexity index is 364. The van der Waals surface area contributed by atoms with E-state index in [0.717, 1.165) is 17.7 Å². The van der Waals surface area contributed by atoms with E-state index in [1.807, 2.05) is 19.2 Å². The molecule has 0 aromatic heterocycles. The molecular formula is C12H16N2O. The molecular weight excluding hydrogens is 188 g/mol. The van der Waals surface area contributed by atoms with Crippen molar-refractivity contribution >= 4 is 0 Å². The molecule has 80 valence electrons. The van der Waals surface area contributed by atoms with Gasteiger partial charge in [-0.3, -0.25) is 0 Å². The zero-order valence-corrected chi connectivity index (χ0v) is 9.37. The van der Waals surface area contributed by atoms with Crippen molar-refractivity contribution in [1.29, 1.82) is 5.26 Å². The molecule has 0 unspecified atom stereocenters. The second kappa shape index (κ2) is 5.38. The Hall–Kier alpha value is -1.53. The lowest BCUT2D eigenvalue weighted by Gasteiger charge is -2.17. The first kappa shape index (κ1) is 11.5. The maximum absolute atomic E-state index is 8.84. The lowest BCUT2D eigenvalue weighted by atomic mass is 10.0. The van der Waals surface area contributed by atoms with Crippen molar-refractivity contribution in [2.24, 2.45) is 0 Å². The van der Waals surface area contributed by atoms with Crippen molar-refractivity contribution in [2.45, 2.75) is 19.4 Å². The van der Waals surface area contributed by atoms with Gasteiger partial charge in [0.25, 0.3) is 0 Å². The fraction of sp³-hybridized carbons (Fsp3) is 0.417. The molecule has 1 aromatic carbocycles. The average molecular weight is 204 g/mol. The molecule has 0 fully saturated rings. The number of nitrogens with one attached hydrogen (secondary N) is 1. The van der Waals surface area contributed by atoms with Crippen molar-refractivity contribution in [3.05, 3.63) is 29.3 Å². The number of rotatable bonds is 4. The molecule has 0 amide bonds. The quantitative estimate of drug-likeness (QED) is 0.818. The molecule has 1 rings (SSSR count). The van der Waals surface area contributed by atoms with Crippen LogP contribution in [0.5, 0.6) is 5.75 Å². The zero-order valence-electron chi connectivity index (χ0n) is 9.37. The average Bonchev–Trinajstić information content (AvgIpc) is 2.30. The molecule has 3 heteroatoms. The number of nitriles is 1. The van der Waals surface area contributed by atoms with Crippen molar-refractivity contribution in [3.8, 4) is 11.8 Å². The monoisotopic (exact) mass is 204 g/mol. The van der Waals surface area contributed by atoms with Gasteiger partial charge in [-0.1, -0.05) is 6.92 Å². The summed E-state index contributed by atoms with van der Waals surface area (Å²) in [6.07, 6.45) is 0.960. The SMILES string of the molecule is CC[C@H](NC)c1cc(C#N)ccc1OC. The largest absolute Gasteiger partial charge is 0.496 e. The van der Waals surface area contributed by atoms with E-state index in [1.54, 1.807) is 13.2 Å². The summed E-state index contributed by atoms with van der Waals surface area (Å²) in [5.41, 5.74) is 1.71. The molecule has 1 aromatic rings. The highest BCUT2D eigenvalue weighted by atomic mass is 16.5. The van der Waals surface area contributed by atoms with E-state index in [4.69, 9.17) is 10.00 Å². The molecule has 0 saturated carbocycles. The molecule has 1 atom stereocenters. The highest BCUT2D eigenvalue weighted by Gasteiger charge is 2.12. The Morgan fingerprint density at radius 1 is 1.53 bits per heavy atom. The predicted octanol–water partition coefficient (Wildman–Crippen LogP) is 2.24. The number of hydrogen-bond acceptors (Lipinski definition) is 3. The minimum absolute atomic E-state index is 0.230. The van der Waals surface area contributed by atoms with E-state index in [-0.39, 0.29) is 6.04 Å². The third-order valence-electron chi connectivity index (χ3n) is 2.49. The summed E-state index contributed by atoms with van der Waals surface area (Å²) in [5, 5.41) is 12.0. The Balaban J connectivity index is 3.17. The summed E-state index contributed by atoms with van der Waals surface area (Å²) >= 11 is 0. The summed E-state index contributed by atoms with van der Waals surface area (Å²) in [7, 11) is 3.56. The number of nitrogens with zero attached hydrogens (tertiary/aromatic N) is 1. The smallest absolute Gasteiger partial charge is 0.123 e. The lowest BCUT2D eigenvalue weighted by molar-refractivity contribution is 0.400. The topological polar surface area (TPSA) is 45.0 Å². The van der Waals surface area contributed by atoms with E-state index in [9.17, 15) is 0 Å². The Labute approximate surface area is 90.7 Å². The summed E-state index contributed by atoms with van der Waals surface area (Å²) in [6, 6.07) is 7.86. The highest BCUT2D eigenvalue weighted by molar-refractivity contribution is 5.43. The third-order valence-corrected chi connectivity index (χ3v) is 2.49. The van der Waals surface area contributed by atoms with Crippen LogP contribution in [-0.4, -0.2) is 14.2 Å². The molecule has 0 aliphatic carbocycles. The van der Waals surface area contributed by atoms with Gasteiger partial charge in [-0.2, -0.15) is 5.26 Å². The van der Waals surface area contributed by atoms with Crippen LogP contribution in [0.15, 0.2) is 18.2 Å². The second-order valence-electron chi connectivity index (χ2n) is 3.32. The zero-order chi connectivity index (χ0) is 11.3. The van der Waals surface area contributed by atoms with E-state index in [1.165, 1.54) is 0 Å². The van der Waals surface area contributed by atoms with Crippen LogP contribution in [0.3, 0.4) is 0 Å². The van der Waals surface area contributed by atoms with Crippen LogP contribution in [0.2, 0.25) is 0 Å². The van der Waals surface area contributed by atoms with Gasteiger partial charge in [0.1, 0.15) is 5.75 Å². The van der Waals surface area contributed by atoms with Crippen LogP contribution in [0.4, 0.5) is 0 Å². The Kier molecular flexibility index (Phi) is 4.14.